The number of anilines is 2. The average Bonchev–Trinajstić information content (AvgIpc) is 3.00. The molecule has 4 heteroatoms. The smallest absolute Gasteiger partial charge is 1.00 e. The Hall–Kier alpha value is -0.986. The van der Waals surface area contributed by atoms with E-state index in [4.69, 9.17) is 0 Å². The van der Waals surface area contributed by atoms with Gasteiger partial charge in [0.25, 0.3) is 0 Å². The van der Waals surface area contributed by atoms with Crippen molar-refractivity contribution in [2.24, 2.45) is 0 Å². The van der Waals surface area contributed by atoms with Gasteiger partial charge < -0.3 is 30.1 Å². The van der Waals surface area contributed by atoms with E-state index in [2.05, 4.69) is 17.5 Å². The van der Waals surface area contributed by atoms with Gasteiger partial charge in [-0.05, 0) is 24.3 Å². The Bertz CT molecular complexity index is 465. The Kier molecular flexibility index (Phi) is 14.8. The largest absolute Gasteiger partial charge is 3.00 e. The summed E-state index contributed by atoms with van der Waals surface area (Å²) in [7, 11) is 0. The van der Waals surface area contributed by atoms with Crippen molar-refractivity contribution in [3.05, 3.63) is 85.0 Å². The summed E-state index contributed by atoms with van der Waals surface area (Å²) in [5.74, 6) is 0. The molecule has 0 bridgehead atoms. The second-order valence-electron chi connectivity index (χ2n) is 3.86. The van der Waals surface area contributed by atoms with Crippen LogP contribution in [0.1, 0.15) is 6.42 Å². The molecule has 0 saturated heterocycles. The van der Waals surface area contributed by atoms with E-state index in [-0.39, 0.29) is 46.5 Å². The molecule has 0 fully saturated rings. The summed E-state index contributed by atoms with van der Waals surface area (Å²) >= 11 is 0. The van der Waals surface area contributed by atoms with Gasteiger partial charge in [-0.2, -0.15) is 6.08 Å². The van der Waals surface area contributed by atoms with Crippen molar-refractivity contribution in [3.63, 3.8) is 0 Å². The molecule has 0 heterocycles. The summed E-state index contributed by atoms with van der Waals surface area (Å²) in [5, 5.41) is 3.30. The van der Waals surface area contributed by atoms with E-state index >= 15 is 0 Å². The van der Waals surface area contributed by atoms with Gasteiger partial charge in [-0.1, -0.05) is 36.4 Å². The van der Waals surface area contributed by atoms with Crippen molar-refractivity contribution < 1.29 is 46.5 Å². The Morgan fingerprint density at radius 3 is 1.52 bits per heavy atom. The first-order valence-corrected chi connectivity index (χ1v) is 6.04. The number of hydrogen-bond donors (Lipinski definition) is 1. The number of nitrogens with one attached hydrogen (secondary N) is 1. The van der Waals surface area contributed by atoms with Crippen LogP contribution in [0.5, 0.6) is 0 Å². The molecule has 0 aromatic heterocycles. The second-order valence-corrected chi connectivity index (χ2v) is 3.86. The van der Waals surface area contributed by atoms with Crippen LogP contribution in [0.4, 0.5) is 11.4 Å². The summed E-state index contributed by atoms with van der Waals surface area (Å²) in [6, 6.07) is 20.3. The van der Waals surface area contributed by atoms with Crippen LogP contribution in [-0.4, -0.2) is 0 Å². The SMILES string of the molecule is [C-]1=CC=CC1.[Cl-].[Cl-].[Ti+3].c1ccc(Nc2ccccc2)cc1. The van der Waals surface area contributed by atoms with Gasteiger partial charge in [-0.15, -0.1) is 6.42 Å². The summed E-state index contributed by atoms with van der Waals surface area (Å²) < 4.78 is 0. The van der Waals surface area contributed by atoms with Crippen molar-refractivity contribution in [2.45, 2.75) is 6.42 Å². The van der Waals surface area contributed by atoms with Crippen LogP contribution in [0, 0.1) is 6.08 Å². The zero-order chi connectivity index (χ0) is 12.5. The van der Waals surface area contributed by atoms with Gasteiger partial charge >= 0.3 is 21.7 Å². The molecule has 0 aliphatic heterocycles. The first kappa shape index (κ1) is 22.3. The molecule has 107 valence electrons. The third-order valence-corrected chi connectivity index (χ3v) is 2.42. The Labute approximate surface area is 154 Å². The quantitative estimate of drug-likeness (QED) is 0.525. The Balaban J connectivity index is 0. The van der Waals surface area contributed by atoms with Crippen LogP contribution < -0.4 is 30.1 Å². The molecule has 0 atom stereocenters. The van der Waals surface area contributed by atoms with Crippen LogP contribution >= 0.6 is 0 Å². The van der Waals surface area contributed by atoms with Gasteiger partial charge in [0.2, 0.25) is 0 Å². The molecule has 1 radical (unpaired) electrons. The topological polar surface area (TPSA) is 12.0 Å². The van der Waals surface area contributed by atoms with Crippen LogP contribution in [0.3, 0.4) is 0 Å². The predicted octanol–water partition coefficient (Wildman–Crippen LogP) is -1.26. The zero-order valence-corrected chi connectivity index (χ0v) is 14.5. The first-order valence-electron chi connectivity index (χ1n) is 6.04. The minimum absolute atomic E-state index is 0. The Morgan fingerprint density at radius 1 is 0.762 bits per heavy atom. The monoisotopic (exact) mass is 352 g/mol. The van der Waals surface area contributed by atoms with Gasteiger partial charge in [0, 0.05) is 11.4 Å². The Morgan fingerprint density at radius 2 is 1.24 bits per heavy atom. The van der Waals surface area contributed by atoms with E-state index < -0.39 is 0 Å². The maximum atomic E-state index is 3.30. The van der Waals surface area contributed by atoms with Crippen LogP contribution in [0.15, 0.2) is 78.9 Å². The van der Waals surface area contributed by atoms with Gasteiger partial charge in [-0.25, -0.2) is 12.2 Å². The van der Waals surface area contributed by atoms with E-state index in [1.165, 1.54) is 0 Å². The van der Waals surface area contributed by atoms with Crippen LogP contribution in [-0.2, 0) is 21.7 Å². The molecule has 1 aliphatic rings. The van der Waals surface area contributed by atoms with Crippen molar-refractivity contribution >= 4 is 11.4 Å². The summed E-state index contributed by atoms with van der Waals surface area (Å²) in [4.78, 5) is 0. The summed E-state index contributed by atoms with van der Waals surface area (Å²) in [5.41, 5.74) is 2.24. The molecule has 1 nitrogen and oxygen atoms in total. The maximum Gasteiger partial charge on any atom is 3.00 e. The van der Waals surface area contributed by atoms with Crippen molar-refractivity contribution in [1.82, 2.24) is 0 Å². The van der Waals surface area contributed by atoms with Crippen LogP contribution in [0.25, 0.3) is 0 Å². The summed E-state index contributed by atoms with van der Waals surface area (Å²) in [6.45, 7) is 0. The van der Waals surface area contributed by atoms with E-state index in [0.717, 1.165) is 17.8 Å². The zero-order valence-electron chi connectivity index (χ0n) is 11.5. The van der Waals surface area contributed by atoms with Gasteiger partial charge in [0.05, 0.1) is 0 Å². The second kappa shape index (κ2) is 14.0. The number of halogens is 2. The average molecular weight is 353 g/mol. The minimum atomic E-state index is 0. The number of rotatable bonds is 2. The molecule has 3 rings (SSSR count). The van der Waals surface area contributed by atoms with E-state index in [0.29, 0.717) is 0 Å². The molecular formula is C17H16Cl2NTi. The number of benzene rings is 2. The van der Waals surface area contributed by atoms with E-state index in [1.54, 1.807) is 0 Å². The van der Waals surface area contributed by atoms with Gasteiger partial charge in [0.1, 0.15) is 0 Å². The normalized spacial score (nSPS) is 10.1. The molecule has 0 spiro atoms. The van der Waals surface area contributed by atoms with Gasteiger partial charge in [-0.3, -0.25) is 6.08 Å². The fourth-order valence-electron chi connectivity index (χ4n) is 1.55. The number of hydrogen-bond acceptors (Lipinski definition) is 1. The van der Waals surface area contributed by atoms with E-state index in [9.17, 15) is 0 Å². The molecule has 21 heavy (non-hydrogen) atoms. The van der Waals surface area contributed by atoms with Crippen molar-refractivity contribution in [3.8, 4) is 0 Å². The molecule has 1 aliphatic carbocycles. The first-order chi connectivity index (χ1) is 8.95. The molecule has 2 aromatic carbocycles. The van der Waals surface area contributed by atoms with Gasteiger partial charge in [0.15, 0.2) is 0 Å². The minimum Gasteiger partial charge on any atom is -1.00 e. The van der Waals surface area contributed by atoms with E-state index in [1.807, 2.05) is 72.8 Å². The summed E-state index contributed by atoms with van der Waals surface area (Å²) in [6.07, 6.45) is 10.0. The molecule has 2 aromatic rings. The number of para-hydroxylation sites is 2. The standard InChI is InChI=1S/C12H11N.C5H5.2ClH.Ti/c1-3-7-11(8-4-1)13-12-9-5-2-6-10-12;1-2-4-5-3-1;;;/h1-10,13H;1-3H,4H2;2*1H;/q;-1;;;+3/p-2. The fraction of sp³-hybridized carbons (Fsp3) is 0.0588. The number of allylic oxidation sites excluding steroid dienone is 4. The molecule has 1 N–H and O–H groups in total. The fourth-order valence-corrected chi connectivity index (χ4v) is 1.55. The molecule has 0 saturated carbocycles. The third kappa shape index (κ3) is 9.54. The molecular weight excluding hydrogens is 337 g/mol. The predicted molar refractivity (Wildman–Crippen MR) is 77.7 cm³/mol. The van der Waals surface area contributed by atoms with Crippen molar-refractivity contribution in [2.75, 3.05) is 5.32 Å². The molecule has 0 amide bonds. The maximum absolute atomic E-state index is 3.30. The third-order valence-electron chi connectivity index (χ3n) is 2.42. The van der Waals surface area contributed by atoms with Crippen molar-refractivity contribution in [1.29, 1.82) is 0 Å². The molecule has 0 unspecified atom stereocenters. The van der Waals surface area contributed by atoms with Crippen LogP contribution in [0.2, 0.25) is 0 Å².